The van der Waals surface area contributed by atoms with Gasteiger partial charge < -0.3 is 10.3 Å². The van der Waals surface area contributed by atoms with Crippen LogP contribution in [0.5, 0.6) is 0 Å². The first-order valence-corrected chi connectivity index (χ1v) is 7.97. The Bertz CT molecular complexity index is 704. The summed E-state index contributed by atoms with van der Waals surface area (Å²) in [6, 6.07) is 6.79. The Morgan fingerprint density at radius 2 is 2.11 bits per heavy atom. The molecule has 0 radical (unpaired) electrons. The lowest BCUT2D eigenvalue weighted by Gasteiger charge is -2.13. The number of hydrogen-bond acceptors (Lipinski definition) is 3. The van der Waals surface area contributed by atoms with Crippen molar-refractivity contribution in [1.29, 1.82) is 0 Å². The zero-order valence-corrected chi connectivity index (χ0v) is 11.6. The van der Waals surface area contributed by atoms with E-state index < -0.39 is 15.9 Å². The molecule has 1 atom stereocenters. The second kappa shape index (κ2) is 5.05. The highest BCUT2D eigenvalue weighted by molar-refractivity contribution is 7.90. The van der Waals surface area contributed by atoms with E-state index in [0.717, 1.165) is 17.2 Å². The van der Waals surface area contributed by atoms with E-state index in [2.05, 4.69) is 10.3 Å². The maximum Gasteiger partial charge on any atom is 0.252 e. The number of carbonyl (C=O) groups excluding carboxylic acids is 1. The molecule has 2 rings (SSSR count). The van der Waals surface area contributed by atoms with Crippen LogP contribution in [0.25, 0.3) is 10.9 Å². The van der Waals surface area contributed by atoms with Crippen molar-refractivity contribution in [3.8, 4) is 0 Å². The third-order valence-electron chi connectivity index (χ3n) is 2.77. The molecule has 0 saturated carbocycles. The molecule has 2 aromatic rings. The van der Waals surface area contributed by atoms with E-state index in [1.54, 1.807) is 25.3 Å². The van der Waals surface area contributed by atoms with Crippen LogP contribution in [-0.4, -0.2) is 37.4 Å². The third-order valence-corrected chi connectivity index (χ3v) is 3.88. The lowest BCUT2D eigenvalue weighted by Crippen LogP contribution is -2.37. The van der Waals surface area contributed by atoms with E-state index in [4.69, 9.17) is 0 Å². The normalized spacial score (nSPS) is 13.4. The highest BCUT2D eigenvalue weighted by Gasteiger charge is 2.16. The topological polar surface area (TPSA) is 79.0 Å². The Balaban J connectivity index is 2.18. The molecule has 1 amide bonds. The van der Waals surface area contributed by atoms with Gasteiger partial charge in [-0.1, -0.05) is 6.07 Å². The van der Waals surface area contributed by atoms with Crippen LogP contribution in [0.15, 0.2) is 30.5 Å². The second-order valence-electron chi connectivity index (χ2n) is 4.71. The molecule has 1 unspecified atom stereocenters. The van der Waals surface area contributed by atoms with Gasteiger partial charge in [0, 0.05) is 35.0 Å². The lowest BCUT2D eigenvalue weighted by molar-refractivity contribution is 0.0945. The van der Waals surface area contributed by atoms with Crippen molar-refractivity contribution in [3.63, 3.8) is 0 Å². The second-order valence-corrected chi connectivity index (χ2v) is 6.90. The molecule has 1 aromatic carbocycles. The van der Waals surface area contributed by atoms with Crippen LogP contribution in [0.2, 0.25) is 0 Å². The van der Waals surface area contributed by atoms with Crippen molar-refractivity contribution in [3.05, 3.63) is 36.0 Å². The molecule has 6 heteroatoms. The first-order chi connectivity index (χ1) is 8.87. The number of nitrogens with one attached hydrogen (secondary N) is 2. The van der Waals surface area contributed by atoms with Crippen LogP contribution in [0.3, 0.4) is 0 Å². The summed E-state index contributed by atoms with van der Waals surface area (Å²) < 4.78 is 22.3. The minimum absolute atomic E-state index is 0.0676. The molecule has 0 spiro atoms. The van der Waals surface area contributed by atoms with Crippen LogP contribution >= 0.6 is 0 Å². The smallest absolute Gasteiger partial charge is 0.252 e. The molecular formula is C13H16N2O3S. The van der Waals surface area contributed by atoms with Gasteiger partial charge in [0.2, 0.25) is 0 Å². The molecule has 0 bridgehead atoms. The van der Waals surface area contributed by atoms with Gasteiger partial charge in [-0.3, -0.25) is 4.79 Å². The molecular weight excluding hydrogens is 264 g/mol. The summed E-state index contributed by atoms with van der Waals surface area (Å²) in [6.45, 7) is 1.68. The highest BCUT2D eigenvalue weighted by Crippen LogP contribution is 2.17. The number of H-pyrrole nitrogens is 1. The number of benzene rings is 1. The molecule has 5 nitrogen and oxygen atoms in total. The van der Waals surface area contributed by atoms with Gasteiger partial charge in [0.15, 0.2) is 0 Å². The van der Waals surface area contributed by atoms with Gasteiger partial charge in [-0.25, -0.2) is 8.42 Å². The number of hydrogen-bond donors (Lipinski definition) is 2. The van der Waals surface area contributed by atoms with Crippen LogP contribution < -0.4 is 5.32 Å². The van der Waals surface area contributed by atoms with Crippen LogP contribution in [0.1, 0.15) is 17.3 Å². The van der Waals surface area contributed by atoms with Gasteiger partial charge in [0.25, 0.3) is 5.91 Å². The standard InChI is InChI=1S/C13H16N2O3S/c1-9(8-19(2,17)18)15-13(16)11-4-3-5-12-10(11)6-7-14-12/h3-7,9,14H,8H2,1-2H3,(H,15,16). The SMILES string of the molecule is CC(CS(C)(=O)=O)NC(=O)c1cccc2[nH]ccc12. The quantitative estimate of drug-likeness (QED) is 0.886. The molecule has 102 valence electrons. The summed E-state index contributed by atoms with van der Waals surface area (Å²) in [5.74, 6) is -0.330. The van der Waals surface area contributed by atoms with Crippen molar-refractivity contribution in [2.75, 3.05) is 12.0 Å². The molecule has 1 aromatic heterocycles. The average molecular weight is 280 g/mol. The summed E-state index contributed by atoms with van der Waals surface area (Å²) in [7, 11) is -3.10. The van der Waals surface area contributed by atoms with Crippen LogP contribution in [0, 0.1) is 0 Å². The van der Waals surface area contributed by atoms with Gasteiger partial charge in [-0.15, -0.1) is 0 Å². The molecule has 19 heavy (non-hydrogen) atoms. The number of aromatic amines is 1. The predicted octanol–water partition coefficient (Wildman–Crippen LogP) is 1.33. The van der Waals surface area contributed by atoms with E-state index in [1.165, 1.54) is 0 Å². The first kappa shape index (κ1) is 13.6. The van der Waals surface area contributed by atoms with E-state index >= 15 is 0 Å². The maximum absolute atomic E-state index is 12.1. The Hall–Kier alpha value is -1.82. The molecule has 0 saturated heterocycles. The Morgan fingerprint density at radius 3 is 2.79 bits per heavy atom. The molecule has 0 fully saturated rings. The van der Waals surface area contributed by atoms with Crippen molar-refractivity contribution < 1.29 is 13.2 Å². The summed E-state index contributed by atoms with van der Waals surface area (Å²) >= 11 is 0. The van der Waals surface area contributed by atoms with E-state index in [0.29, 0.717) is 5.56 Å². The van der Waals surface area contributed by atoms with E-state index in [1.807, 2.05) is 12.1 Å². The van der Waals surface area contributed by atoms with Crippen molar-refractivity contribution in [1.82, 2.24) is 10.3 Å². The van der Waals surface area contributed by atoms with Crippen molar-refractivity contribution in [2.45, 2.75) is 13.0 Å². The Labute approximate surface area is 111 Å². The monoisotopic (exact) mass is 280 g/mol. The molecule has 0 aliphatic rings. The fourth-order valence-corrected chi connectivity index (χ4v) is 3.07. The van der Waals surface area contributed by atoms with Crippen molar-refractivity contribution >= 4 is 26.6 Å². The van der Waals surface area contributed by atoms with Gasteiger partial charge in [0.05, 0.1) is 5.75 Å². The molecule has 0 aliphatic carbocycles. The van der Waals surface area contributed by atoms with Gasteiger partial charge in [-0.2, -0.15) is 0 Å². The number of fused-ring (bicyclic) bond motifs is 1. The first-order valence-electron chi connectivity index (χ1n) is 5.91. The molecule has 1 heterocycles. The van der Waals surface area contributed by atoms with Gasteiger partial charge in [0.1, 0.15) is 9.84 Å². The Morgan fingerprint density at radius 1 is 1.37 bits per heavy atom. The summed E-state index contributed by atoms with van der Waals surface area (Å²) in [5, 5.41) is 3.53. The minimum atomic E-state index is -3.10. The number of amides is 1. The maximum atomic E-state index is 12.1. The fourth-order valence-electron chi connectivity index (χ4n) is 2.08. The Kier molecular flexibility index (Phi) is 3.61. The summed E-state index contributed by atoms with van der Waals surface area (Å²) in [4.78, 5) is 15.2. The molecule has 2 N–H and O–H groups in total. The largest absolute Gasteiger partial charge is 0.361 e. The van der Waals surface area contributed by atoms with Crippen molar-refractivity contribution in [2.24, 2.45) is 0 Å². The zero-order chi connectivity index (χ0) is 14.0. The number of aromatic nitrogens is 1. The molecule has 0 aliphatic heterocycles. The zero-order valence-electron chi connectivity index (χ0n) is 10.8. The fraction of sp³-hybridized carbons (Fsp3) is 0.308. The number of carbonyl (C=O) groups is 1. The third kappa shape index (κ3) is 3.35. The van der Waals surface area contributed by atoms with Gasteiger partial charge >= 0.3 is 0 Å². The predicted molar refractivity (Wildman–Crippen MR) is 74.9 cm³/mol. The van der Waals surface area contributed by atoms with Crippen LogP contribution in [-0.2, 0) is 9.84 Å². The highest BCUT2D eigenvalue weighted by atomic mass is 32.2. The summed E-state index contributed by atoms with van der Waals surface area (Å²) in [5.41, 5.74) is 1.42. The summed E-state index contributed by atoms with van der Waals surface area (Å²) in [6.07, 6.45) is 2.92. The van der Waals surface area contributed by atoms with Crippen LogP contribution in [0.4, 0.5) is 0 Å². The average Bonchev–Trinajstić information content (AvgIpc) is 2.73. The lowest BCUT2D eigenvalue weighted by atomic mass is 10.1. The number of rotatable bonds is 4. The minimum Gasteiger partial charge on any atom is -0.361 e. The van der Waals surface area contributed by atoms with E-state index in [9.17, 15) is 13.2 Å². The van der Waals surface area contributed by atoms with Gasteiger partial charge in [-0.05, 0) is 25.1 Å². The van der Waals surface area contributed by atoms with E-state index in [-0.39, 0.29) is 11.7 Å². The number of sulfone groups is 1.